The first-order valence-electron chi connectivity index (χ1n) is 13.0. The summed E-state index contributed by atoms with van der Waals surface area (Å²) in [6, 6.07) is 9.99. The molecule has 0 saturated carbocycles. The van der Waals surface area contributed by atoms with Gasteiger partial charge in [0.15, 0.2) is 0 Å². The highest BCUT2D eigenvalue weighted by molar-refractivity contribution is 6.43. The van der Waals surface area contributed by atoms with E-state index < -0.39 is 6.10 Å². The van der Waals surface area contributed by atoms with Gasteiger partial charge in [-0.15, -0.1) is 0 Å². The lowest BCUT2D eigenvalue weighted by Gasteiger charge is -2.51. The van der Waals surface area contributed by atoms with Crippen molar-refractivity contribution in [2.24, 2.45) is 0 Å². The second kappa shape index (κ2) is 10.1. The van der Waals surface area contributed by atoms with E-state index in [4.69, 9.17) is 0 Å². The molecule has 2 aliphatic heterocycles. The quantitative estimate of drug-likeness (QED) is 0.452. The summed E-state index contributed by atoms with van der Waals surface area (Å²) < 4.78 is 1.54. The zero-order chi connectivity index (χ0) is 26.3. The van der Waals surface area contributed by atoms with Crippen molar-refractivity contribution >= 4 is 37.4 Å². The van der Waals surface area contributed by atoms with Gasteiger partial charge in [-0.2, -0.15) is 5.10 Å². The molecule has 0 spiro atoms. The maximum absolute atomic E-state index is 13.0. The average molecular weight is 487 g/mol. The fraction of sp³-hybridized carbons (Fsp3) is 0.542. The number of β-amino-alcohol motifs (C(OH)–C–C–N with tert-alkyl or cyclic N) is 1. The predicted molar refractivity (Wildman–Crippen MR) is 153 cm³/mol. The average Bonchev–Trinajstić information content (AvgIpc) is 2.83. The smallest absolute Gasteiger partial charge is 0.317 e. The maximum atomic E-state index is 13.0. The first kappa shape index (κ1) is 26.6. The lowest BCUT2D eigenvalue weighted by atomic mass is 9.43. The molecular weight excluding hydrogens is 450 g/mol. The molecule has 2 aliphatic rings. The van der Waals surface area contributed by atoms with Crippen LogP contribution in [0.4, 0.5) is 4.79 Å². The molecule has 4 rings (SSSR count). The lowest BCUT2D eigenvalue weighted by molar-refractivity contribution is 0.0844. The van der Waals surface area contributed by atoms with Crippen molar-refractivity contribution in [1.29, 1.82) is 0 Å². The van der Waals surface area contributed by atoms with Crippen molar-refractivity contribution in [1.82, 2.24) is 24.9 Å². The Morgan fingerprint density at radius 1 is 1.22 bits per heavy atom. The van der Waals surface area contributed by atoms with Crippen LogP contribution in [0, 0.1) is 13.8 Å². The SMILES string of the molecule is BC1(B)CN(CC(O)CNC(=O)N2CCCC(n3nc(C)cc(C)c3=O)C2)C(B)(B)c2ccccc21. The highest BCUT2D eigenvalue weighted by Crippen LogP contribution is 2.37. The molecule has 0 aliphatic carbocycles. The molecule has 2 N–H and O–H groups in total. The third-order valence-corrected chi connectivity index (χ3v) is 7.88. The number of benzene rings is 1. The van der Waals surface area contributed by atoms with E-state index in [1.54, 1.807) is 17.9 Å². The van der Waals surface area contributed by atoms with E-state index in [1.807, 2.05) is 6.92 Å². The lowest BCUT2D eigenvalue weighted by Crippen LogP contribution is -2.61. The van der Waals surface area contributed by atoms with Crippen molar-refractivity contribution in [2.75, 3.05) is 32.7 Å². The molecule has 0 radical (unpaired) electrons. The molecule has 1 aromatic carbocycles. The van der Waals surface area contributed by atoms with Gasteiger partial charge in [0.1, 0.15) is 31.4 Å². The molecule has 188 valence electrons. The zero-order valence-electron chi connectivity index (χ0n) is 22.5. The molecule has 2 amide bonds. The minimum absolute atomic E-state index is 0.0296. The van der Waals surface area contributed by atoms with Crippen molar-refractivity contribution in [3.8, 4) is 0 Å². The van der Waals surface area contributed by atoms with Crippen LogP contribution < -0.4 is 10.9 Å². The number of nitrogens with one attached hydrogen (secondary N) is 1. The summed E-state index contributed by atoms with van der Waals surface area (Å²) >= 11 is 0. The number of piperidine rings is 1. The number of nitrogens with zero attached hydrogens (tertiary/aromatic N) is 4. The van der Waals surface area contributed by atoms with Crippen molar-refractivity contribution in [2.45, 2.75) is 49.4 Å². The second-order valence-electron chi connectivity index (χ2n) is 11.7. The van der Waals surface area contributed by atoms with Gasteiger partial charge in [0, 0.05) is 31.7 Å². The monoisotopic (exact) mass is 487 g/mol. The summed E-state index contributed by atoms with van der Waals surface area (Å²) in [6.07, 6.45) is 0.917. The van der Waals surface area contributed by atoms with E-state index >= 15 is 0 Å². The van der Waals surface area contributed by atoms with E-state index in [1.165, 1.54) is 15.8 Å². The molecule has 8 nitrogen and oxygen atoms in total. The van der Waals surface area contributed by atoms with Gasteiger partial charge >= 0.3 is 6.03 Å². The highest BCUT2D eigenvalue weighted by atomic mass is 16.3. The Kier molecular flexibility index (Phi) is 7.49. The number of aliphatic hydroxyl groups excluding tert-OH is 1. The van der Waals surface area contributed by atoms with Gasteiger partial charge in [-0.25, -0.2) is 9.48 Å². The van der Waals surface area contributed by atoms with E-state index in [-0.39, 0.29) is 34.7 Å². The molecule has 12 heteroatoms. The molecule has 1 aromatic heterocycles. The third-order valence-electron chi connectivity index (χ3n) is 7.88. The summed E-state index contributed by atoms with van der Waals surface area (Å²) in [4.78, 5) is 29.6. The van der Waals surface area contributed by atoms with Crippen LogP contribution in [-0.4, -0.2) is 101 Å². The first-order chi connectivity index (χ1) is 16.9. The normalized spacial score (nSPS) is 22.0. The number of aliphatic hydroxyl groups is 1. The Morgan fingerprint density at radius 3 is 2.64 bits per heavy atom. The number of aromatic nitrogens is 2. The van der Waals surface area contributed by atoms with Crippen LogP contribution in [-0.2, 0) is 10.6 Å². The van der Waals surface area contributed by atoms with Crippen LogP contribution in [0.3, 0.4) is 0 Å². The molecular formula is C24H37B4N5O3. The van der Waals surface area contributed by atoms with Gasteiger partial charge in [0.2, 0.25) is 0 Å². The summed E-state index contributed by atoms with van der Waals surface area (Å²) in [6.45, 7) is 6.20. The van der Waals surface area contributed by atoms with Crippen molar-refractivity contribution in [3.63, 3.8) is 0 Å². The number of carbonyl (C=O) groups excluding carboxylic acids is 1. The highest BCUT2D eigenvalue weighted by Gasteiger charge is 2.42. The summed E-state index contributed by atoms with van der Waals surface area (Å²) in [7, 11) is 8.88. The molecule has 3 heterocycles. The summed E-state index contributed by atoms with van der Waals surface area (Å²) in [5.74, 6) is 0. The van der Waals surface area contributed by atoms with Gasteiger partial charge < -0.3 is 20.2 Å². The van der Waals surface area contributed by atoms with Crippen LogP contribution in [0.5, 0.6) is 0 Å². The number of hydrogen-bond acceptors (Lipinski definition) is 5. The van der Waals surface area contributed by atoms with E-state index in [9.17, 15) is 14.7 Å². The summed E-state index contributed by atoms with van der Waals surface area (Å²) in [5.41, 5.74) is 4.00. The molecule has 0 bridgehead atoms. The van der Waals surface area contributed by atoms with Gasteiger partial charge in [0.25, 0.3) is 5.56 Å². The fourth-order valence-electron chi connectivity index (χ4n) is 5.85. The fourth-order valence-corrected chi connectivity index (χ4v) is 5.85. The van der Waals surface area contributed by atoms with Crippen LogP contribution in [0.1, 0.15) is 41.3 Å². The van der Waals surface area contributed by atoms with E-state index in [0.29, 0.717) is 25.2 Å². The molecule has 2 atom stereocenters. The first-order valence-corrected chi connectivity index (χ1v) is 13.0. The minimum atomic E-state index is -0.696. The standard InChI is InChI=1S/C24H37B4N5O3/c1-15-10-16(2)30-33(21(15)35)17-6-5-9-31(12-17)22(36)29-11-18(34)13-32-14-23(25,26)19-7-3-4-8-20(19)24(32,27)28/h3-4,7-8,10,17-18,34H,5-6,9,11-14,25-28H2,1-2H3,(H,29,36). The largest absolute Gasteiger partial charge is 0.390 e. The number of likely N-dealkylation sites (tertiary alicyclic amines) is 1. The number of carbonyl (C=O) groups is 1. The molecule has 36 heavy (non-hydrogen) atoms. The second-order valence-corrected chi connectivity index (χ2v) is 11.7. The Labute approximate surface area is 217 Å². The zero-order valence-corrected chi connectivity index (χ0v) is 22.5. The molecule has 2 aromatic rings. The predicted octanol–water partition coefficient (Wildman–Crippen LogP) is -2.62. The number of rotatable bonds is 5. The maximum Gasteiger partial charge on any atom is 0.317 e. The Balaban J connectivity index is 1.36. The van der Waals surface area contributed by atoms with Crippen LogP contribution in [0.15, 0.2) is 35.1 Å². The molecule has 2 unspecified atom stereocenters. The van der Waals surface area contributed by atoms with Crippen molar-refractivity contribution < 1.29 is 9.90 Å². The topological polar surface area (TPSA) is 90.7 Å². The van der Waals surface area contributed by atoms with Crippen LogP contribution >= 0.6 is 0 Å². The van der Waals surface area contributed by atoms with Gasteiger partial charge in [-0.05, 0) is 55.4 Å². The van der Waals surface area contributed by atoms with Crippen molar-refractivity contribution in [3.05, 3.63) is 63.1 Å². The molecule has 1 saturated heterocycles. The molecule has 1 fully saturated rings. The Morgan fingerprint density at radius 2 is 1.92 bits per heavy atom. The Hall–Kier alpha value is -2.45. The van der Waals surface area contributed by atoms with Gasteiger partial charge in [-0.3, -0.25) is 4.79 Å². The van der Waals surface area contributed by atoms with E-state index in [0.717, 1.165) is 25.1 Å². The minimum Gasteiger partial charge on any atom is -0.390 e. The summed E-state index contributed by atoms with van der Waals surface area (Å²) in [5, 5.41) is 18.0. The van der Waals surface area contributed by atoms with Gasteiger partial charge in [0.05, 0.1) is 17.8 Å². The number of urea groups is 1. The number of hydrogen-bond donors (Lipinski definition) is 2. The van der Waals surface area contributed by atoms with E-state index in [2.05, 4.69) is 71.0 Å². The Bertz CT molecular complexity index is 1190. The van der Waals surface area contributed by atoms with Crippen LogP contribution in [0.25, 0.3) is 0 Å². The third kappa shape index (κ3) is 5.30. The number of amides is 2. The van der Waals surface area contributed by atoms with Gasteiger partial charge in [-0.1, -0.05) is 29.8 Å². The number of fused-ring (bicyclic) bond motifs is 1. The number of aryl methyl sites for hydroxylation is 2. The van der Waals surface area contributed by atoms with Crippen LogP contribution in [0.2, 0.25) is 0 Å².